The second kappa shape index (κ2) is 7.14. The molecular formula is C20H16N2. The summed E-state index contributed by atoms with van der Waals surface area (Å²) < 4.78 is 0. The van der Waals surface area contributed by atoms with Crippen LogP contribution in [-0.2, 0) is 0 Å². The van der Waals surface area contributed by atoms with Crippen molar-refractivity contribution in [2.45, 2.75) is 0 Å². The molecule has 0 aromatic heterocycles. The Morgan fingerprint density at radius 2 is 0.909 bits per heavy atom. The Morgan fingerprint density at radius 1 is 0.455 bits per heavy atom. The number of benzene rings is 3. The average molecular weight is 284 g/mol. The molecule has 0 heterocycles. The zero-order chi connectivity index (χ0) is 15.0. The molecule has 0 aliphatic rings. The number of nitrogens with zero attached hydrogens (tertiary/aromatic N) is 2. The third-order valence-corrected chi connectivity index (χ3v) is 3.20. The van der Waals surface area contributed by atoms with E-state index in [1.165, 1.54) is 5.56 Å². The predicted octanol–water partition coefficient (Wildman–Crippen LogP) is 6.27. The largest absolute Gasteiger partial charge is 0.151 e. The van der Waals surface area contributed by atoms with Crippen molar-refractivity contribution in [3.63, 3.8) is 0 Å². The van der Waals surface area contributed by atoms with E-state index < -0.39 is 0 Å². The van der Waals surface area contributed by atoms with Crippen LogP contribution in [0, 0.1) is 0 Å². The summed E-state index contributed by atoms with van der Waals surface area (Å²) in [5, 5.41) is 8.44. The highest BCUT2D eigenvalue weighted by molar-refractivity contribution is 5.70. The molecule has 0 N–H and O–H groups in total. The second-order valence-electron chi connectivity index (χ2n) is 4.87. The van der Waals surface area contributed by atoms with Crippen LogP contribution in [0.4, 0.5) is 11.4 Å². The minimum atomic E-state index is 0.848. The van der Waals surface area contributed by atoms with E-state index in [0.717, 1.165) is 16.9 Å². The lowest BCUT2D eigenvalue weighted by molar-refractivity contribution is 1.23. The first-order valence-corrected chi connectivity index (χ1v) is 7.20. The summed E-state index contributed by atoms with van der Waals surface area (Å²) in [7, 11) is 0. The normalized spacial score (nSPS) is 11.3. The van der Waals surface area contributed by atoms with Crippen LogP contribution in [0.5, 0.6) is 0 Å². The van der Waals surface area contributed by atoms with Crippen LogP contribution in [0.1, 0.15) is 11.1 Å². The molecule has 0 unspecified atom stereocenters. The van der Waals surface area contributed by atoms with Gasteiger partial charge >= 0.3 is 0 Å². The first-order valence-electron chi connectivity index (χ1n) is 7.20. The Balaban J connectivity index is 1.68. The third-order valence-electron chi connectivity index (χ3n) is 3.20. The monoisotopic (exact) mass is 284 g/mol. The lowest BCUT2D eigenvalue weighted by atomic mass is 10.1. The molecular weight excluding hydrogens is 268 g/mol. The molecule has 0 radical (unpaired) electrons. The van der Waals surface area contributed by atoms with Gasteiger partial charge < -0.3 is 0 Å². The van der Waals surface area contributed by atoms with Crippen LogP contribution in [0.2, 0.25) is 0 Å². The van der Waals surface area contributed by atoms with Crippen LogP contribution in [-0.4, -0.2) is 0 Å². The van der Waals surface area contributed by atoms with Crippen LogP contribution >= 0.6 is 0 Å². The fraction of sp³-hybridized carbons (Fsp3) is 0. The highest BCUT2D eigenvalue weighted by Crippen LogP contribution is 2.19. The van der Waals surface area contributed by atoms with E-state index in [0.29, 0.717) is 0 Å². The van der Waals surface area contributed by atoms with Gasteiger partial charge in [-0.2, -0.15) is 10.2 Å². The number of hydrogen-bond donors (Lipinski definition) is 0. The van der Waals surface area contributed by atoms with Gasteiger partial charge in [0.1, 0.15) is 0 Å². The molecule has 3 aromatic rings. The van der Waals surface area contributed by atoms with Gasteiger partial charge in [0.25, 0.3) is 0 Å². The highest BCUT2D eigenvalue weighted by atomic mass is 15.1. The molecule has 0 atom stereocenters. The van der Waals surface area contributed by atoms with Gasteiger partial charge in [-0.05, 0) is 35.4 Å². The van der Waals surface area contributed by atoms with E-state index in [1.54, 1.807) is 0 Å². The molecule has 0 fully saturated rings. The maximum atomic E-state index is 4.24. The molecule has 2 heteroatoms. The quantitative estimate of drug-likeness (QED) is 0.398. The SMILES string of the molecule is C(=Cc1ccc(N=Nc2ccccc2)cc1)c1ccccc1. The Hall–Kier alpha value is -3.00. The summed E-state index contributed by atoms with van der Waals surface area (Å²) in [5.74, 6) is 0. The molecule has 0 bridgehead atoms. The topological polar surface area (TPSA) is 24.7 Å². The summed E-state index contributed by atoms with van der Waals surface area (Å²) in [6, 6.07) is 28.0. The van der Waals surface area contributed by atoms with E-state index in [4.69, 9.17) is 0 Å². The van der Waals surface area contributed by atoms with Crippen molar-refractivity contribution in [1.29, 1.82) is 0 Å². The van der Waals surface area contributed by atoms with Crippen molar-refractivity contribution in [2.75, 3.05) is 0 Å². The molecule has 22 heavy (non-hydrogen) atoms. The number of rotatable bonds is 4. The zero-order valence-corrected chi connectivity index (χ0v) is 12.1. The van der Waals surface area contributed by atoms with Gasteiger partial charge in [0, 0.05) is 0 Å². The van der Waals surface area contributed by atoms with Gasteiger partial charge in [-0.25, -0.2) is 0 Å². The Labute approximate surface area is 130 Å². The molecule has 106 valence electrons. The standard InChI is InChI=1S/C20H16N2/c1-3-7-17(8-4-1)11-12-18-13-15-20(16-14-18)22-21-19-9-5-2-6-10-19/h1-16H. The molecule has 0 amide bonds. The summed E-state index contributed by atoms with van der Waals surface area (Å²) in [6.45, 7) is 0. The molecule has 0 aliphatic heterocycles. The minimum absolute atomic E-state index is 0.848. The summed E-state index contributed by atoms with van der Waals surface area (Å²) in [5.41, 5.74) is 4.04. The second-order valence-corrected chi connectivity index (χ2v) is 4.87. The predicted molar refractivity (Wildman–Crippen MR) is 92.4 cm³/mol. The van der Waals surface area contributed by atoms with Crippen molar-refractivity contribution in [2.24, 2.45) is 10.2 Å². The van der Waals surface area contributed by atoms with E-state index >= 15 is 0 Å². The Kier molecular flexibility index (Phi) is 4.53. The average Bonchev–Trinajstić information content (AvgIpc) is 2.61. The van der Waals surface area contributed by atoms with Crippen molar-refractivity contribution >= 4 is 23.5 Å². The van der Waals surface area contributed by atoms with Crippen molar-refractivity contribution in [3.05, 3.63) is 96.1 Å². The van der Waals surface area contributed by atoms with Crippen LogP contribution in [0.15, 0.2) is 95.2 Å². The van der Waals surface area contributed by atoms with Crippen molar-refractivity contribution < 1.29 is 0 Å². The zero-order valence-electron chi connectivity index (χ0n) is 12.1. The number of azo groups is 1. The van der Waals surface area contributed by atoms with E-state index in [9.17, 15) is 0 Å². The van der Waals surface area contributed by atoms with Crippen molar-refractivity contribution in [1.82, 2.24) is 0 Å². The maximum Gasteiger partial charge on any atom is 0.0857 e. The molecule has 3 aromatic carbocycles. The first-order chi connectivity index (χ1) is 10.9. The minimum Gasteiger partial charge on any atom is -0.151 e. The summed E-state index contributed by atoms with van der Waals surface area (Å²) >= 11 is 0. The summed E-state index contributed by atoms with van der Waals surface area (Å²) in [6.07, 6.45) is 4.19. The fourth-order valence-corrected chi connectivity index (χ4v) is 2.02. The van der Waals surface area contributed by atoms with Gasteiger partial charge in [0.15, 0.2) is 0 Å². The maximum absolute atomic E-state index is 4.24. The molecule has 0 saturated carbocycles. The lowest BCUT2D eigenvalue weighted by Gasteiger charge is -1.96. The van der Waals surface area contributed by atoms with E-state index in [1.807, 2.05) is 72.8 Å². The van der Waals surface area contributed by atoms with Crippen LogP contribution in [0.25, 0.3) is 12.2 Å². The summed E-state index contributed by atoms with van der Waals surface area (Å²) in [4.78, 5) is 0. The Bertz CT molecular complexity index is 689. The molecule has 3 rings (SSSR count). The van der Waals surface area contributed by atoms with Gasteiger partial charge in [-0.15, -0.1) is 0 Å². The van der Waals surface area contributed by atoms with E-state index in [-0.39, 0.29) is 0 Å². The molecule has 2 nitrogen and oxygen atoms in total. The molecule has 0 spiro atoms. The van der Waals surface area contributed by atoms with Gasteiger partial charge in [0.05, 0.1) is 11.4 Å². The first kappa shape index (κ1) is 14.0. The highest BCUT2D eigenvalue weighted by Gasteiger charge is 1.91. The lowest BCUT2D eigenvalue weighted by Crippen LogP contribution is -1.72. The van der Waals surface area contributed by atoms with Gasteiger partial charge in [-0.1, -0.05) is 72.8 Å². The third kappa shape index (κ3) is 4.00. The Morgan fingerprint density at radius 3 is 1.50 bits per heavy atom. The smallest absolute Gasteiger partial charge is 0.0857 e. The molecule has 0 aliphatic carbocycles. The van der Waals surface area contributed by atoms with Crippen molar-refractivity contribution in [3.8, 4) is 0 Å². The molecule has 0 saturated heterocycles. The fourth-order valence-electron chi connectivity index (χ4n) is 2.02. The van der Waals surface area contributed by atoms with Crippen LogP contribution in [0.3, 0.4) is 0 Å². The number of hydrogen-bond acceptors (Lipinski definition) is 2. The van der Waals surface area contributed by atoms with E-state index in [2.05, 4.69) is 34.5 Å². The van der Waals surface area contributed by atoms with Crippen LogP contribution < -0.4 is 0 Å². The van der Waals surface area contributed by atoms with Gasteiger partial charge in [0.2, 0.25) is 0 Å². The van der Waals surface area contributed by atoms with Gasteiger partial charge in [-0.3, -0.25) is 0 Å².